The summed E-state index contributed by atoms with van der Waals surface area (Å²) in [7, 11) is -3.81. The van der Waals surface area contributed by atoms with Gasteiger partial charge in [-0.25, -0.2) is 8.42 Å². The van der Waals surface area contributed by atoms with Gasteiger partial charge in [0.25, 0.3) is 0 Å². The van der Waals surface area contributed by atoms with Crippen LogP contribution in [0.2, 0.25) is 0 Å². The smallest absolute Gasteiger partial charge is 0.244 e. The fourth-order valence-electron chi connectivity index (χ4n) is 4.25. The molecule has 7 nitrogen and oxygen atoms in total. The number of anilines is 1. The summed E-state index contributed by atoms with van der Waals surface area (Å²) in [4.78, 5) is 29.3. The monoisotopic (exact) mass is 613 g/mol. The summed E-state index contributed by atoms with van der Waals surface area (Å²) in [5.41, 5.74) is 3.14. The van der Waals surface area contributed by atoms with Crippen molar-refractivity contribution in [3.8, 4) is 0 Å². The molecule has 39 heavy (non-hydrogen) atoms. The van der Waals surface area contributed by atoms with E-state index in [0.29, 0.717) is 10.2 Å². The Morgan fingerprint density at radius 1 is 0.949 bits per heavy atom. The number of amides is 2. The van der Waals surface area contributed by atoms with Gasteiger partial charge in [-0.3, -0.25) is 13.9 Å². The molecule has 0 aliphatic carbocycles. The van der Waals surface area contributed by atoms with Gasteiger partial charge >= 0.3 is 0 Å². The van der Waals surface area contributed by atoms with Crippen LogP contribution in [0.25, 0.3) is 0 Å². The topological polar surface area (TPSA) is 86.8 Å². The van der Waals surface area contributed by atoms with E-state index in [4.69, 9.17) is 0 Å². The second kappa shape index (κ2) is 13.8. The van der Waals surface area contributed by atoms with Crippen LogP contribution in [0.15, 0.2) is 83.3 Å². The molecular formula is C30H36BrN3O4S. The molecule has 3 rings (SSSR count). The van der Waals surface area contributed by atoms with E-state index in [0.717, 1.165) is 33.7 Å². The second-order valence-electron chi connectivity index (χ2n) is 9.78. The summed E-state index contributed by atoms with van der Waals surface area (Å²) in [6, 6.07) is 23.1. The molecule has 0 heterocycles. The summed E-state index contributed by atoms with van der Waals surface area (Å²) in [6.45, 7) is 5.58. The number of sulfonamides is 1. The maximum Gasteiger partial charge on any atom is 0.244 e. The SMILES string of the molecule is CCC(C)NC(=O)C(Cc1ccccc1)N(Cc1cccc(C)c1)C(=O)CN(c1cccc(Br)c1)S(C)(=O)=O. The molecule has 0 saturated carbocycles. The van der Waals surface area contributed by atoms with Crippen LogP contribution in [0, 0.1) is 6.92 Å². The number of rotatable bonds is 12. The van der Waals surface area contributed by atoms with Gasteiger partial charge in [0.15, 0.2) is 0 Å². The normalized spacial score (nSPS) is 12.8. The lowest BCUT2D eigenvalue weighted by atomic mass is 10.0. The van der Waals surface area contributed by atoms with Crippen LogP contribution in [0.3, 0.4) is 0 Å². The number of carbonyl (C=O) groups is 2. The molecular weight excluding hydrogens is 578 g/mol. The third kappa shape index (κ3) is 8.93. The number of nitrogens with one attached hydrogen (secondary N) is 1. The second-order valence-corrected chi connectivity index (χ2v) is 12.6. The Kier molecular flexibility index (Phi) is 10.7. The van der Waals surface area contributed by atoms with Gasteiger partial charge in [0.1, 0.15) is 12.6 Å². The molecule has 0 spiro atoms. The molecule has 2 atom stereocenters. The first kappa shape index (κ1) is 30.4. The highest BCUT2D eigenvalue weighted by Gasteiger charge is 2.33. The van der Waals surface area contributed by atoms with Crippen molar-refractivity contribution in [1.29, 1.82) is 0 Å². The van der Waals surface area contributed by atoms with E-state index in [2.05, 4.69) is 21.2 Å². The molecule has 0 fully saturated rings. The van der Waals surface area contributed by atoms with Gasteiger partial charge < -0.3 is 10.2 Å². The zero-order valence-corrected chi connectivity index (χ0v) is 25.2. The summed E-state index contributed by atoms with van der Waals surface area (Å²) < 4.78 is 27.5. The lowest BCUT2D eigenvalue weighted by molar-refractivity contribution is -0.140. The maximum absolute atomic E-state index is 14.1. The average Bonchev–Trinajstić information content (AvgIpc) is 2.89. The van der Waals surface area contributed by atoms with Gasteiger partial charge in [0, 0.05) is 23.5 Å². The van der Waals surface area contributed by atoms with E-state index in [1.807, 2.05) is 75.4 Å². The highest BCUT2D eigenvalue weighted by atomic mass is 79.9. The summed E-state index contributed by atoms with van der Waals surface area (Å²) in [6.07, 6.45) is 2.10. The Hall–Kier alpha value is -3.17. The molecule has 3 aromatic carbocycles. The van der Waals surface area contributed by atoms with E-state index in [-0.39, 0.29) is 24.9 Å². The van der Waals surface area contributed by atoms with Crippen molar-refractivity contribution in [3.63, 3.8) is 0 Å². The number of halogens is 1. The van der Waals surface area contributed by atoms with E-state index in [9.17, 15) is 18.0 Å². The van der Waals surface area contributed by atoms with Gasteiger partial charge in [0.05, 0.1) is 11.9 Å². The fourth-order valence-corrected chi connectivity index (χ4v) is 5.48. The average molecular weight is 615 g/mol. The Morgan fingerprint density at radius 2 is 1.62 bits per heavy atom. The number of carbonyl (C=O) groups excluding carboxylic acids is 2. The standard InChI is InChI=1S/C30H36BrN3O4S/c1-5-23(3)32-30(36)28(18-24-12-7-6-8-13-24)33(20-25-14-9-11-22(2)17-25)29(35)21-34(39(4,37)38)27-16-10-15-26(31)19-27/h6-17,19,23,28H,5,18,20-21H2,1-4H3,(H,32,36). The largest absolute Gasteiger partial charge is 0.352 e. The van der Waals surface area contributed by atoms with Crippen molar-refractivity contribution in [2.75, 3.05) is 17.1 Å². The number of benzene rings is 3. The van der Waals surface area contributed by atoms with Crippen LogP contribution in [0.5, 0.6) is 0 Å². The van der Waals surface area contributed by atoms with E-state index in [1.54, 1.807) is 24.3 Å². The fraction of sp³-hybridized carbons (Fsp3) is 0.333. The van der Waals surface area contributed by atoms with Crippen molar-refractivity contribution in [2.24, 2.45) is 0 Å². The number of hydrogen-bond acceptors (Lipinski definition) is 4. The molecule has 2 unspecified atom stereocenters. The van der Waals surface area contributed by atoms with Gasteiger partial charge in [-0.1, -0.05) is 89.1 Å². The number of aryl methyl sites for hydroxylation is 1. The molecule has 208 valence electrons. The summed E-state index contributed by atoms with van der Waals surface area (Å²) in [5.74, 6) is -0.746. The number of nitrogens with zero attached hydrogens (tertiary/aromatic N) is 2. The zero-order valence-electron chi connectivity index (χ0n) is 22.8. The predicted molar refractivity (Wildman–Crippen MR) is 160 cm³/mol. The van der Waals surface area contributed by atoms with Gasteiger partial charge in [-0.2, -0.15) is 0 Å². The summed E-state index contributed by atoms with van der Waals surface area (Å²) >= 11 is 3.38. The Morgan fingerprint density at radius 3 is 2.23 bits per heavy atom. The van der Waals surface area contributed by atoms with E-state index < -0.39 is 28.5 Å². The molecule has 2 amide bonds. The molecule has 0 aliphatic rings. The van der Waals surface area contributed by atoms with Crippen LogP contribution in [0.4, 0.5) is 5.69 Å². The minimum atomic E-state index is -3.81. The van der Waals surface area contributed by atoms with Crippen LogP contribution < -0.4 is 9.62 Å². The summed E-state index contributed by atoms with van der Waals surface area (Å²) in [5, 5.41) is 3.03. The Balaban J connectivity index is 2.06. The first-order chi connectivity index (χ1) is 18.5. The molecule has 3 aromatic rings. The molecule has 0 aromatic heterocycles. The highest BCUT2D eigenvalue weighted by Crippen LogP contribution is 2.23. The highest BCUT2D eigenvalue weighted by molar-refractivity contribution is 9.10. The third-order valence-corrected chi connectivity index (χ3v) is 8.12. The molecule has 0 radical (unpaired) electrons. The minimum Gasteiger partial charge on any atom is -0.352 e. The first-order valence-electron chi connectivity index (χ1n) is 12.9. The minimum absolute atomic E-state index is 0.0825. The van der Waals surface area contributed by atoms with E-state index >= 15 is 0 Å². The van der Waals surface area contributed by atoms with Crippen LogP contribution in [-0.4, -0.2) is 50.0 Å². The number of hydrogen-bond donors (Lipinski definition) is 1. The third-order valence-electron chi connectivity index (χ3n) is 6.48. The predicted octanol–water partition coefficient (Wildman–Crippen LogP) is 5.08. The molecule has 9 heteroatoms. The van der Waals surface area contributed by atoms with Gasteiger partial charge in [0.2, 0.25) is 21.8 Å². The molecule has 0 saturated heterocycles. The van der Waals surface area contributed by atoms with Crippen molar-refractivity contribution in [2.45, 2.75) is 52.2 Å². The first-order valence-corrected chi connectivity index (χ1v) is 15.5. The van der Waals surface area contributed by atoms with Gasteiger partial charge in [-0.15, -0.1) is 0 Å². The lowest BCUT2D eigenvalue weighted by Crippen LogP contribution is -2.54. The van der Waals surface area contributed by atoms with Crippen molar-refractivity contribution in [3.05, 3.63) is 100 Å². The van der Waals surface area contributed by atoms with Crippen molar-refractivity contribution >= 4 is 43.5 Å². The van der Waals surface area contributed by atoms with E-state index in [1.165, 1.54) is 4.90 Å². The van der Waals surface area contributed by atoms with Crippen LogP contribution in [-0.2, 0) is 32.6 Å². The lowest BCUT2D eigenvalue weighted by Gasteiger charge is -2.34. The molecule has 0 bridgehead atoms. The zero-order chi connectivity index (χ0) is 28.6. The van der Waals surface area contributed by atoms with Gasteiger partial charge in [-0.05, 0) is 49.6 Å². The molecule has 1 N–H and O–H groups in total. The quantitative estimate of drug-likeness (QED) is 0.309. The maximum atomic E-state index is 14.1. The van der Waals surface area contributed by atoms with Crippen molar-refractivity contribution < 1.29 is 18.0 Å². The van der Waals surface area contributed by atoms with Crippen molar-refractivity contribution in [1.82, 2.24) is 10.2 Å². The molecule has 0 aliphatic heterocycles. The van der Waals surface area contributed by atoms with Crippen LogP contribution in [0.1, 0.15) is 37.0 Å². The Labute approximate surface area is 240 Å². The Bertz CT molecular complexity index is 1380. The van der Waals surface area contributed by atoms with Crippen LogP contribution >= 0.6 is 15.9 Å².